The molecule has 3 nitrogen and oxygen atoms in total. The zero-order chi connectivity index (χ0) is 13.8. The minimum atomic E-state index is 0.503. The third-order valence-electron chi connectivity index (χ3n) is 2.61. The summed E-state index contributed by atoms with van der Waals surface area (Å²) in [5, 5.41) is 7.28. The van der Waals surface area contributed by atoms with Crippen LogP contribution in [0.25, 0.3) is 0 Å². The van der Waals surface area contributed by atoms with Crippen LogP contribution in [0.2, 0.25) is 5.02 Å². The average molecular weight is 292 g/mol. The zero-order valence-corrected chi connectivity index (χ0v) is 12.3. The Morgan fingerprint density at radius 2 is 1.95 bits per heavy atom. The Labute approximate surface area is 123 Å². The summed E-state index contributed by atoms with van der Waals surface area (Å²) in [6.45, 7) is 4.08. The molecule has 5 heteroatoms. The van der Waals surface area contributed by atoms with Crippen molar-refractivity contribution in [2.24, 2.45) is 0 Å². The Morgan fingerprint density at radius 3 is 2.63 bits per heavy atom. The molecule has 2 aromatic rings. The second-order valence-electron chi connectivity index (χ2n) is 4.26. The smallest absolute Gasteiger partial charge is 0.176 e. The molecular weight excluding hydrogens is 278 g/mol. The van der Waals surface area contributed by atoms with Gasteiger partial charge >= 0.3 is 0 Å². The predicted molar refractivity (Wildman–Crippen MR) is 85.0 cm³/mol. The van der Waals surface area contributed by atoms with Gasteiger partial charge in [-0.1, -0.05) is 23.7 Å². The van der Waals surface area contributed by atoms with Gasteiger partial charge in [-0.15, -0.1) is 0 Å². The van der Waals surface area contributed by atoms with Crippen molar-refractivity contribution in [3.63, 3.8) is 0 Å². The first-order valence-electron chi connectivity index (χ1n) is 5.81. The number of benzene rings is 1. The van der Waals surface area contributed by atoms with Gasteiger partial charge in [-0.2, -0.15) is 0 Å². The summed E-state index contributed by atoms with van der Waals surface area (Å²) in [5.41, 5.74) is 3.31. The lowest BCUT2D eigenvalue weighted by molar-refractivity contribution is 1.32. The molecule has 0 aliphatic rings. The number of halogens is 1. The fourth-order valence-electron chi connectivity index (χ4n) is 1.59. The van der Waals surface area contributed by atoms with E-state index >= 15 is 0 Å². The maximum absolute atomic E-state index is 5.78. The number of aromatic nitrogens is 1. The second-order valence-corrected chi connectivity index (χ2v) is 5.10. The molecule has 19 heavy (non-hydrogen) atoms. The van der Waals surface area contributed by atoms with E-state index in [1.165, 1.54) is 5.56 Å². The number of aryl methyl sites for hydroxylation is 2. The molecule has 0 bridgehead atoms. The summed E-state index contributed by atoms with van der Waals surface area (Å²) in [6, 6.07) is 9.72. The first-order chi connectivity index (χ1) is 9.04. The maximum Gasteiger partial charge on any atom is 0.176 e. The number of nitrogens with one attached hydrogen (secondary N) is 2. The van der Waals surface area contributed by atoms with Gasteiger partial charge in [0.15, 0.2) is 5.11 Å². The van der Waals surface area contributed by atoms with E-state index in [4.69, 9.17) is 23.8 Å². The van der Waals surface area contributed by atoms with E-state index in [2.05, 4.69) is 33.8 Å². The maximum atomic E-state index is 5.78. The lowest BCUT2D eigenvalue weighted by Crippen LogP contribution is -2.20. The Kier molecular flexibility index (Phi) is 4.35. The molecule has 0 saturated heterocycles. The van der Waals surface area contributed by atoms with Crippen molar-refractivity contribution < 1.29 is 0 Å². The lowest BCUT2D eigenvalue weighted by atomic mass is 10.1. The van der Waals surface area contributed by atoms with E-state index in [0.29, 0.717) is 16.0 Å². The Morgan fingerprint density at radius 1 is 1.16 bits per heavy atom. The molecule has 98 valence electrons. The van der Waals surface area contributed by atoms with Crippen molar-refractivity contribution in [1.82, 2.24) is 4.98 Å². The van der Waals surface area contributed by atoms with Gasteiger partial charge in [0, 0.05) is 11.9 Å². The molecule has 1 aromatic heterocycles. The van der Waals surface area contributed by atoms with Crippen molar-refractivity contribution in [3.8, 4) is 0 Å². The fourth-order valence-corrected chi connectivity index (χ4v) is 1.92. The van der Waals surface area contributed by atoms with E-state index < -0.39 is 0 Å². The van der Waals surface area contributed by atoms with Gasteiger partial charge in [0.25, 0.3) is 0 Å². The van der Waals surface area contributed by atoms with E-state index in [1.807, 2.05) is 13.8 Å². The monoisotopic (exact) mass is 291 g/mol. The molecule has 0 saturated carbocycles. The number of anilines is 2. The highest BCUT2D eigenvalue weighted by molar-refractivity contribution is 7.80. The van der Waals surface area contributed by atoms with Gasteiger partial charge in [0.1, 0.15) is 5.82 Å². The summed E-state index contributed by atoms with van der Waals surface area (Å²) in [5.74, 6) is 0.659. The van der Waals surface area contributed by atoms with Crippen molar-refractivity contribution in [2.45, 2.75) is 13.8 Å². The molecular formula is C14H14ClN3S. The summed E-state index contributed by atoms with van der Waals surface area (Å²) in [6.07, 6.45) is 1.57. The van der Waals surface area contributed by atoms with Gasteiger partial charge in [-0.3, -0.25) is 0 Å². The van der Waals surface area contributed by atoms with Crippen LogP contribution in [0.4, 0.5) is 11.5 Å². The zero-order valence-electron chi connectivity index (χ0n) is 10.7. The average Bonchev–Trinajstić information content (AvgIpc) is 2.37. The van der Waals surface area contributed by atoms with Crippen LogP contribution in [0, 0.1) is 13.8 Å². The molecule has 2 rings (SSSR count). The van der Waals surface area contributed by atoms with Crippen molar-refractivity contribution in [3.05, 3.63) is 52.7 Å². The number of nitrogens with zero attached hydrogens (tertiary/aromatic N) is 1. The normalized spacial score (nSPS) is 10.1. The van der Waals surface area contributed by atoms with E-state index in [-0.39, 0.29) is 0 Å². The Hall–Kier alpha value is -1.65. The van der Waals surface area contributed by atoms with Gasteiger partial charge < -0.3 is 10.6 Å². The molecule has 2 N–H and O–H groups in total. The van der Waals surface area contributed by atoms with Crippen LogP contribution in [-0.4, -0.2) is 10.1 Å². The largest absolute Gasteiger partial charge is 0.332 e. The van der Waals surface area contributed by atoms with Crippen LogP contribution in [0.1, 0.15) is 11.1 Å². The van der Waals surface area contributed by atoms with Gasteiger partial charge in [-0.25, -0.2) is 4.98 Å². The minimum Gasteiger partial charge on any atom is -0.332 e. The number of pyridine rings is 1. The van der Waals surface area contributed by atoms with E-state index in [1.54, 1.807) is 18.3 Å². The van der Waals surface area contributed by atoms with Crippen molar-refractivity contribution in [2.75, 3.05) is 10.6 Å². The van der Waals surface area contributed by atoms with Crippen LogP contribution in [-0.2, 0) is 0 Å². The highest BCUT2D eigenvalue weighted by Crippen LogP contribution is 2.17. The molecule has 0 fully saturated rings. The van der Waals surface area contributed by atoms with Crippen molar-refractivity contribution in [1.29, 1.82) is 0 Å². The van der Waals surface area contributed by atoms with Crippen LogP contribution >= 0.6 is 23.8 Å². The summed E-state index contributed by atoms with van der Waals surface area (Å²) in [7, 11) is 0. The number of hydrogen-bond donors (Lipinski definition) is 2. The summed E-state index contributed by atoms with van der Waals surface area (Å²) in [4.78, 5) is 4.13. The first-order valence-corrected chi connectivity index (χ1v) is 6.60. The van der Waals surface area contributed by atoms with Crippen LogP contribution in [0.3, 0.4) is 0 Å². The Balaban J connectivity index is 2.05. The molecule has 0 unspecified atom stereocenters. The molecule has 0 spiro atoms. The molecule has 0 aliphatic heterocycles. The van der Waals surface area contributed by atoms with Crippen molar-refractivity contribution >= 4 is 40.4 Å². The topological polar surface area (TPSA) is 37.0 Å². The van der Waals surface area contributed by atoms with Gasteiger partial charge in [-0.05, 0) is 55.4 Å². The molecule has 0 radical (unpaired) electrons. The highest BCUT2D eigenvalue weighted by atomic mass is 35.5. The lowest BCUT2D eigenvalue weighted by Gasteiger charge is -2.12. The molecule has 0 aliphatic carbocycles. The minimum absolute atomic E-state index is 0.503. The van der Waals surface area contributed by atoms with E-state index in [9.17, 15) is 0 Å². The standard InChI is InChI=1S/C14H14ClN3S/c1-9-3-4-10(2)12(7-9)17-14(19)18-13-6-5-11(15)8-16-13/h3-8H,1-2H3,(H2,16,17,18,19). The summed E-state index contributed by atoms with van der Waals surface area (Å²) < 4.78 is 0. The fraction of sp³-hybridized carbons (Fsp3) is 0.143. The Bertz CT molecular complexity index is 596. The number of hydrogen-bond acceptors (Lipinski definition) is 2. The number of rotatable bonds is 2. The molecule has 0 atom stereocenters. The highest BCUT2D eigenvalue weighted by Gasteiger charge is 2.03. The SMILES string of the molecule is Cc1ccc(C)c(NC(=S)Nc2ccc(Cl)cn2)c1. The predicted octanol–water partition coefficient (Wildman–Crippen LogP) is 4.16. The first kappa shape index (κ1) is 13.8. The third-order valence-corrected chi connectivity index (χ3v) is 3.04. The quantitative estimate of drug-likeness (QED) is 0.815. The number of thiocarbonyl (C=S) groups is 1. The second kappa shape index (κ2) is 5.99. The molecule has 1 heterocycles. The van der Waals surface area contributed by atoms with Crippen LogP contribution < -0.4 is 10.6 Å². The van der Waals surface area contributed by atoms with Crippen LogP contribution in [0.15, 0.2) is 36.5 Å². The third kappa shape index (κ3) is 3.91. The van der Waals surface area contributed by atoms with Crippen LogP contribution in [0.5, 0.6) is 0 Å². The molecule has 0 amide bonds. The van der Waals surface area contributed by atoms with Gasteiger partial charge in [0.2, 0.25) is 0 Å². The van der Waals surface area contributed by atoms with E-state index in [0.717, 1.165) is 11.3 Å². The molecule has 1 aromatic carbocycles. The summed E-state index contributed by atoms with van der Waals surface area (Å²) >= 11 is 11.0. The van der Waals surface area contributed by atoms with Gasteiger partial charge in [0.05, 0.1) is 5.02 Å².